The van der Waals surface area contributed by atoms with Crippen LogP contribution in [-0.4, -0.2) is 74.0 Å². The fourth-order valence-electron chi connectivity index (χ4n) is 6.50. The number of benzene rings is 3. The second-order valence-corrected chi connectivity index (χ2v) is 13.4. The van der Waals surface area contributed by atoms with Crippen LogP contribution < -0.4 is 25.4 Å². The van der Waals surface area contributed by atoms with E-state index in [-0.39, 0.29) is 50.3 Å². The molecule has 0 aliphatic carbocycles. The second-order valence-electron chi connectivity index (χ2n) is 13.4. The van der Waals surface area contributed by atoms with Crippen LogP contribution in [0.5, 0.6) is 11.5 Å². The molecule has 51 heavy (non-hydrogen) atoms. The third-order valence-corrected chi connectivity index (χ3v) is 9.54. The predicted octanol–water partition coefficient (Wildman–Crippen LogP) is 4.24. The number of methoxy groups -OCH3 is 1. The van der Waals surface area contributed by atoms with Crippen LogP contribution in [0.15, 0.2) is 72.8 Å². The maximum atomic E-state index is 14.0. The zero-order valence-corrected chi connectivity index (χ0v) is 29.7. The van der Waals surface area contributed by atoms with Crippen LogP contribution in [-0.2, 0) is 43.5 Å². The van der Waals surface area contributed by atoms with E-state index in [2.05, 4.69) is 16.0 Å². The Morgan fingerprint density at radius 1 is 0.980 bits per heavy atom. The van der Waals surface area contributed by atoms with E-state index in [0.29, 0.717) is 38.3 Å². The highest BCUT2D eigenvalue weighted by molar-refractivity contribution is 5.95. The van der Waals surface area contributed by atoms with Crippen LogP contribution in [0.1, 0.15) is 60.8 Å². The molecule has 2 aliphatic rings. The Morgan fingerprint density at radius 3 is 2.63 bits per heavy atom. The smallest absolute Gasteiger partial charge is 0.243 e. The molecule has 272 valence electrons. The number of rotatable bonds is 10. The van der Waals surface area contributed by atoms with Gasteiger partial charge in [0.2, 0.25) is 23.6 Å². The van der Waals surface area contributed by atoms with Gasteiger partial charge in [0, 0.05) is 26.1 Å². The number of nitrogens with one attached hydrogen (secondary N) is 3. The molecule has 4 amide bonds. The van der Waals surface area contributed by atoms with Gasteiger partial charge in [-0.2, -0.15) is 0 Å². The molecule has 0 radical (unpaired) electrons. The van der Waals surface area contributed by atoms with Crippen molar-refractivity contribution in [3.8, 4) is 11.5 Å². The van der Waals surface area contributed by atoms with Gasteiger partial charge in [0.05, 0.1) is 33.4 Å². The molecule has 11 heteroatoms. The minimum Gasteiger partial charge on any atom is -0.497 e. The van der Waals surface area contributed by atoms with Crippen molar-refractivity contribution in [1.82, 2.24) is 20.9 Å². The van der Waals surface area contributed by atoms with E-state index in [1.807, 2.05) is 79.7 Å². The first kappa shape index (κ1) is 37.4. The van der Waals surface area contributed by atoms with Crippen molar-refractivity contribution < 1.29 is 33.4 Å². The number of ether oxygens (including phenoxy) is 3. The molecule has 0 spiro atoms. The number of nitrogens with zero attached hydrogens (tertiary/aromatic N) is 1. The van der Waals surface area contributed by atoms with Crippen LogP contribution in [0.3, 0.4) is 0 Å². The molecule has 2 heterocycles. The standard InChI is InChI=1S/C40H50N4O7/c1-28-13-15-34-23-32(28)25-41-39(47)35(16-14-29-8-4-3-5-9-29)43-40(48)36(24-38(46)44-19-7-11-30(26-44)17-21-51-34)42-37(45)18-20-50-27-31-10-6-12-33(22-31)49-2/h3-6,8-10,12-13,15,22-23,30,35-36H,7,11,14,16-21,24-27H2,1-2H3,(H,41,47)(H,42,45)(H,43,48)/t30?,35-,36-/m0/s1. The minimum atomic E-state index is -1.17. The average Bonchev–Trinajstić information content (AvgIpc) is 3.15. The van der Waals surface area contributed by atoms with Crippen LogP contribution in [0.25, 0.3) is 0 Å². The molecule has 0 saturated carbocycles. The van der Waals surface area contributed by atoms with Gasteiger partial charge in [0.25, 0.3) is 0 Å². The lowest BCUT2D eigenvalue weighted by molar-refractivity contribution is -0.138. The monoisotopic (exact) mass is 698 g/mol. The molecule has 2 aliphatic heterocycles. The Bertz CT molecular complexity index is 1630. The van der Waals surface area contributed by atoms with Gasteiger partial charge in [0.1, 0.15) is 23.6 Å². The largest absolute Gasteiger partial charge is 0.497 e. The van der Waals surface area contributed by atoms with E-state index in [0.717, 1.165) is 47.3 Å². The summed E-state index contributed by atoms with van der Waals surface area (Å²) in [5, 5.41) is 8.67. The van der Waals surface area contributed by atoms with Gasteiger partial charge >= 0.3 is 0 Å². The molecule has 1 saturated heterocycles. The molecular formula is C40H50N4O7. The van der Waals surface area contributed by atoms with E-state index >= 15 is 0 Å². The number of carbonyl (C=O) groups is 4. The number of amides is 4. The summed E-state index contributed by atoms with van der Waals surface area (Å²) in [7, 11) is 1.59. The molecule has 1 unspecified atom stereocenters. The van der Waals surface area contributed by atoms with E-state index < -0.39 is 23.9 Å². The summed E-state index contributed by atoms with van der Waals surface area (Å²) in [5.74, 6) is 0.125. The fourth-order valence-corrected chi connectivity index (χ4v) is 6.50. The van der Waals surface area contributed by atoms with Crippen molar-refractivity contribution in [3.05, 3.63) is 95.1 Å². The van der Waals surface area contributed by atoms with E-state index in [4.69, 9.17) is 14.2 Å². The molecule has 3 aromatic rings. The molecule has 5 rings (SSSR count). The van der Waals surface area contributed by atoms with E-state index in [9.17, 15) is 19.2 Å². The summed E-state index contributed by atoms with van der Waals surface area (Å²) in [6.07, 6.45) is 3.25. The zero-order chi connectivity index (χ0) is 36.0. The summed E-state index contributed by atoms with van der Waals surface area (Å²) in [6, 6.07) is 21.0. The summed E-state index contributed by atoms with van der Waals surface area (Å²) < 4.78 is 17.1. The Labute approximate surface area is 300 Å². The van der Waals surface area contributed by atoms with Crippen LogP contribution in [0.2, 0.25) is 0 Å². The number of hydrogen-bond donors (Lipinski definition) is 3. The number of piperidine rings is 1. The number of aryl methyl sites for hydroxylation is 2. The quantitative estimate of drug-likeness (QED) is 0.270. The summed E-state index contributed by atoms with van der Waals surface area (Å²) in [4.78, 5) is 56.3. The molecule has 0 aromatic heterocycles. The normalized spacial score (nSPS) is 20.2. The van der Waals surface area contributed by atoms with Gasteiger partial charge in [0.15, 0.2) is 0 Å². The van der Waals surface area contributed by atoms with Gasteiger partial charge in [-0.1, -0.05) is 48.5 Å². The van der Waals surface area contributed by atoms with Crippen molar-refractivity contribution in [1.29, 1.82) is 0 Å². The number of carbonyl (C=O) groups excluding carboxylic acids is 4. The third kappa shape index (κ3) is 11.6. The zero-order valence-electron chi connectivity index (χ0n) is 29.7. The lowest BCUT2D eigenvalue weighted by atomic mass is 9.94. The van der Waals surface area contributed by atoms with Gasteiger partial charge in [-0.3, -0.25) is 19.2 Å². The van der Waals surface area contributed by atoms with Gasteiger partial charge in [-0.15, -0.1) is 0 Å². The number of fused-ring (bicyclic) bond motifs is 4. The number of hydrogen-bond acceptors (Lipinski definition) is 7. The molecule has 3 atom stereocenters. The molecule has 3 N–H and O–H groups in total. The third-order valence-electron chi connectivity index (χ3n) is 9.54. The van der Waals surface area contributed by atoms with Crippen molar-refractivity contribution in [3.63, 3.8) is 0 Å². The average molecular weight is 699 g/mol. The Balaban J connectivity index is 1.31. The Hall–Kier alpha value is -4.90. The van der Waals surface area contributed by atoms with Crippen LogP contribution >= 0.6 is 0 Å². The van der Waals surface area contributed by atoms with Crippen molar-refractivity contribution in [2.75, 3.05) is 33.4 Å². The first-order valence-corrected chi connectivity index (χ1v) is 17.9. The lowest BCUT2D eigenvalue weighted by Crippen LogP contribution is -2.55. The highest BCUT2D eigenvalue weighted by Gasteiger charge is 2.32. The van der Waals surface area contributed by atoms with Crippen LogP contribution in [0.4, 0.5) is 0 Å². The van der Waals surface area contributed by atoms with Crippen molar-refractivity contribution >= 4 is 23.6 Å². The molecule has 3 aromatic carbocycles. The molecule has 11 nitrogen and oxygen atoms in total. The van der Waals surface area contributed by atoms with E-state index in [1.165, 1.54) is 0 Å². The highest BCUT2D eigenvalue weighted by Crippen LogP contribution is 2.23. The summed E-state index contributed by atoms with van der Waals surface area (Å²) >= 11 is 0. The van der Waals surface area contributed by atoms with Gasteiger partial charge in [-0.05, 0) is 91.5 Å². The van der Waals surface area contributed by atoms with Crippen molar-refractivity contribution in [2.24, 2.45) is 5.92 Å². The maximum absolute atomic E-state index is 14.0. The Morgan fingerprint density at radius 2 is 1.80 bits per heavy atom. The molecule has 1 fully saturated rings. The maximum Gasteiger partial charge on any atom is 0.243 e. The minimum absolute atomic E-state index is 0.00986. The van der Waals surface area contributed by atoms with Gasteiger partial charge < -0.3 is 35.1 Å². The van der Waals surface area contributed by atoms with Crippen LogP contribution in [0, 0.1) is 12.8 Å². The summed E-state index contributed by atoms with van der Waals surface area (Å²) in [6.45, 7) is 4.29. The lowest BCUT2D eigenvalue weighted by Gasteiger charge is -2.34. The van der Waals surface area contributed by atoms with Crippen molar-refractivity contribution in [2.45, 2.75) is 77.1 Å². The first-order chi connectivity index (χ1) is 24.8. The van der Waals surface area contributed by atoms with E-state index in [1.54, 1.807) is 12.0 Å². The first-order valence-electron chi connectivity index (χ1n) is 17.9. The molecular weight excluding hydrogens is 648 g/mol. The SMILES string of the molecule is COc1cccc(COCCC(=O)N[C@H]2CC(=O)N3CCCC(CCOc4ccc(C)c(c4)CNC(=O)[C@H](CCc4ccccc4)NC2=O)C3)c1. The second kappa shape index (κ2) is 18.9. The predicted molar refractivity (Wildman–Crippen MR) is 193 cm³/mol. The highest BCUT2D eigenvalue weighted by atomic mass is 16.5. The summed E-state index contributed by atoms with van der Waals surface area (Å²) in [5.41, 5.74) is 3.85. The fraction of sp³-hybridized carbons (Fsp3) is 0.450. The topological polar surface area (TPSA) is 135 Å². The van der Waals surface area contributed by atoms with Gasteiger partial charge in [-0.25, -0.2) is 0 Å². The Kier molecular flexibility index (Phi) is 13.9. The molecule has 4 bridgehead atoms.